The average molecular weight is 305 g/mol. The third-order valence-corrected chi connectivity index (χ3v) is 3.62. The molecule has 1 aliphatic rings. The van der Waals surface area contributed by atoms with Gasteiger partial charge >= 0.3 is 0 Å². The van der Waals surface area contributed by atoms with Crippen molar-refractivity contribution in [3.63, 3.8) is 0 Å². The minimum Gasteiger partial charge on any atom is -0.245 e. The van der Waals surface area contributed by atoms with Gasteiger partial charge in [-0.05, 0) is 44.4 Å². The maximum absolute atomic E-state index is 12.7. The van der Waals surface area contributed by atoms with E-state index in [1.165, 1.54) is 25.7 Å². The minimum absolute atomic E-state index is 0.625. The summed E-state index contributed by atoms with van der Waals surface area (Å²) in [6.45, 7) is 20.2. The first-order valence-electron chi connectivity index (χ1n) is 9.39. The fourth-order valence-electron chi connectivity index (χ4n) is 2.06. The highest BCUT2D eigenvalue weighted by molar-refractivity contribution is 4.66. The first-order valence-corrected chi connectivity index (χ1v) is 9.39. The Morgan fingerprint density at radius 2 is 1.14 bits per heavy atom. The van der Waals surface area contributed by atoms with Gasteiger partial charge in [-0.1, -0.05) is 81.1 Å². The van der Waals surface area contributed by atoms with E-state index in [2.05, 4.69) is 27.7 Å². The lowest BCUT2D eigenvalue weighted by atomic mass is 9.84. The van der Waals surface area contributed by atoms with Gasteiger partial charge in [0.05, 0.1) is 0 Å². The molecule has 0 bridgehead atoms. The zero-order valence-electron chi connectivity index (χ0n) is 16.9. The molecule has 0 atom stereocenters. The van der Waals surface area contributed by atoms with Crippen molar-refractivity contribution in [2.75, 3.05) is 0 Å². The van der Waals surface area contributed by atoms with E-state index in [-0.39, 0.29) is 0 Å². The molecular formula is C20H45F. The van der Waals surface area contributed by atoms with Crippen LogP contribution in [-0.2, 0) is 0 Å². The molecule has 1 fully saturated rings. The molecule has 0 amide bonds. The van der Waals surface area contributed by atoms with Crippen LogP contribution in [0.3, 0.4) is 0 Å². The van der Waals surface area contributed by atoms with Crippen LogP contribution in [0, 0.1) is 17.8 Å². The molecule has 0 unspecified atom stereocenters. The second-order valence-electron chi connectivity index (χ2n) is 7.02. The van der Waals surface area contributed by atoms with E-state index in [4.69, 9.17) is 0 Å². The fourth-order valence-corrected chi connectivity index (χ4v) is 2.06. The van der Waals surface area contributed by atoms with Gasteiger partial charge in [-0.15, -0.1) is 0 Å². The Balaban J connectivity index is -0.000000250. The van der Waals surface area contributed by atoms with Gasteiger partial charge in [0.1, 0.15) is 5.67 Å². The van der Waals surface area contributed by atoms with Gasteiger partial charge < -0.3 is 0 Å². The van der Waals surface area contributed by atoms with E-state index in [1.54, 1.807) is 13.8 Å². The Bertz CT molecular complexity index is 161. The number of alkyl halides is 1. The summed E-state index contributed by atoms with van der Waals surface area (Å²) in [4.78, 5) is 0. The zero-order valence-corrected chi connectivity index (χ0v) is 16.9. The van der Waals surface area contributed by atoms with Gasteiger partial charge in [-0.3, -0.25) is 0 Å². The van der Waals surface area contributed by atoms with Crippen LogP contribution in [0.2, 0.25) is 0 Å². The molecule has 0 spiro atoms. The Kier molecular flexibility index (Phi) is 20.1. The van der Waals surface area contributed by atoms with Gasteiger partial charge in [-0.2, -0.15) is 0 Å². The van der Waals surface area contributed by atoms with Crippen molar-refractivity contribution in [1.82, 2.24) is 0 Å². The van der Waals surface area contributed by atoms with Crippen LogP contribution in [0.25, 0.3) is 0 Å². The van der Waals surface area contributed by atoms with Crippen molar-refractivity contribution in [2.24, 2.45) is 17.8 Å². The molecule has 0 saturated heterocycles. The molecule has 0 radical (unpaired) electrons. The smallest absolute Gasteiger partial charge is 0.105 e. The van der Waals surface area contributed by atoms with Crippen LogP contribution in [0.15, 0.2) is 0 Å². The Morgan fingerprint density at radius 1 is 0.857 bits per heavy atom. The quantitative estimate of drug-likeness (QED) is 0.494. The molecule has 0 aromatic carbocycles. The molecule has 1 rings (SSSR count). The van der Waals surface area contributed by atoms with Crippen LogP contribution in [-0.4, -0.2) is 5.67 Å². The van der Waals surface area contributed by atoms with Gasteiger partial charge in [0.25, 0.3) is 0 Å². The number of hydrogen-bond donors (Lipinski definition) is 0. The number of rotatable bonds is 3. The highest BCUT2D eigenvalue weighted by atomic mass is 19.1. The predicted octanol–water partition coefficient (Wildman–Crippen LogP) is 8.06. The fraction of sp³-hybridized carbons (Fsp3) is 1.00. The zero-order chi connectivity index (χ0) is 17.5. The van der Waals surface area contributed by atoms with Gasteiger partial charge in [0.15, 0.2) is 0 Å². The predicted molar refractivity (Wildman–Crippen MR) is 98.8 cm³/mol. The van der Waals surface area contributed by atoms with Gasteiger partial charge in [-0.25, -0.2) is 4.39 Å². The summed E-state index contributed by atoms with van der Waals surface area (Å²) in [6, 6.07) is 0. The summed E-state index contributed by atoms with van der Waals surface area (Å²) in [5, 5.41) is 0. The molecule has 0 N–H and O–H groups in total. The molecule has 132 valence electrons. The Morgan fingerprint density at radius 3 is 1.29 bits per heavy atom. The standard InChI is InChI=1S/C8H17F.C8H16.2C2H6/c1-7(2)5-6-8(3,4)9;1-7-3-5-8(2)6-4-7;2*1-2/h7H,5-6H2,1-4H3;7-8H,3-6H2,1-2H3;2*1-2H3. The Hall–Kier alpha value is -0.0700. The lowest BCUT2D eigenvalue weighted by molar-refractivity contribution is 0.189. The lowest BCUT2D eigenvalue weighted by Gasteiger charge is -2.22. The first kappa shape index (κ1) is 25.9. The third kappa shape index (κ3) is 25.2. The Labute approximate surface area is 136 Å². The monoisotopic (exact) mass is 304 g/mol. The summed E-state index contributed by atoms with van der Waals surface area (Å²) in [5.41, 5.74) is -0.968. The van der Waals surface area contributed by atoms with Crippen molar-refractivity contribution >= 4 is 0 Å². The van der Waals surface area contributed by atoms with Crippen LogP contribution >= 0.6 is 0 Å². The molecule has 1 heteroatoms. The second-order valence-corrected chi connectivity index (χ2v) is 7.02. The second kappa shape index (κ2) is 16.3. The molecule has 0 aliphatic heterocycles. The maximum Gasteiger partial charge on any atom is 0.105 e. The average Bonchev–Trinajstić information content (AvgIpc) is 2.44. The SMILES string of the molecule is CC.CC.CC(C)CCC(C)(C)F.CC1CCC(C)CC1. The molecule has 0 nitrogen and oxygen atoms in total. The largest absolute Gasteiger partial charge is 0.245 e. The minimum atomic E-state index is -0.968. The first-order chi connectivity index (χ1) is 9.70. The highest BCUT2D eigenvalue weighted by Crippen LogP contribution is 2.27. The molecule has 0 aromatic rings. The normalized spacial score (nSPS) is 21.1. The highest BCUT2D eigenvalue weighted by Gasteiger charge is 2.15. The summed E-state index contributed by atoms with van der Waals surface area (Å²) >= 11 is 0. The summed E-state index contributed by atoms with van der Waals surface area (Å²) < 4.78 is 12.7. The molecule has 1 aliphatic carbocycles. The van der Waals surface area contributed by atoms with E-state index < -0.39 is 5.67 Å². The topological polar surface area (TPSA) is 0 Å². The summed E-state index contributed by atoms with van der Waals surface area (Å²) in [5.74, 6) is 2.66. The van der Waals surface area contributed by atoms with Crippen LogP contribution in [0.4, 0.5) is 4.39 Å². The van der Waals surface area contributed by atoms with Crippen LogP contribution in [0.5, 0.6) is 0 Å². The summed E-state index contributed by atoms with van der Waals surface area (Å²) in [6.07, 6.45) is 7.57. The van der Waals surface area contributed by atoms with Crippen molar-refractivity contribution in [3.8, 4) is 0 Å². The van der Waals surface area contributed by atoms with Gasteiger partial charge in [0.2, 0.25) is 0 Å². The third-order valence-electron chi connectivity index (χ3n) is 3.62. The van der Waals surface area contributed by atoms with Gasteiger partial charge in [0, 0.05) is 0 Å². The molecule has 1 saturated carbocycles. The van der Waals surface area contributed by atoms with E-state index in [1.807, 2.05) is 27.7 Å². The number of halogens is 1. The number of hydrogen-bond acceptors (Lipinski definition) is 0. The molecular weight excluding hydrogens is 259 g/mol. The van der Waals surface area contributed by atoms with Crippen LogP contribution < -0.4 is 0 Å². The van der Waals surface area contributed by atoms with E-state index in [0.717, 1.165) is 18.3 Å². The molecule has 21 heavy (non-hydrogen) atoms. The van der Waals surface area contributed by atoms with Crippen molar-refractivity contribution < 1.29 is 4.39 Å². The van der Waals surface area contributed by atoms with Crippen LogP contribution in [0.1, 0.15) is 108 Å². The van der Waals surface area contributed by atoms with E-state index >= 15 is 0 Å². The van der Waals surface area contributed by atoms with Crippen molar-refractivity contribution in [2.45, 2.75) is 113 Å². The van der Waals surface area contributed by atoms with E-state index in [0.29, 0.717) is 12.3 Å². The van der Waals surface area contributed by atoms with Crippen molar-refractivity contribution in [3.05, 3.63) is 0 Å². The summed E-state index contributed by atoms with van der Waals surface area (Å²) in [7, 11) is 0. The molecule has 0 heterocycles. The lowest BCUT2D eigenvalue weighted by Crippen LogP contribution is -2.12. The molecule has 0 aromatic heterocycles. The van der Waals surface area contributed by atoms with Crippen molar-refractivity contribution in [1.29, 1.82) is 0 Å². The van der Waals surface area contributed by atoms with E-state index in [9.17, 15) is 4.39 Å². The maximum atomic E-state index is 12.7.